The fraction of sp³-hybridized carbons (Fsp3) is 0.529. The van der Waals surface area contributed by atoms with Crippen molar-refractivity contribution in [2.75, 3.05) is 31.7 Å². The van der Waals surface area contributed by atoms with Crippen molar-refractivity contribution in [2.45, 2.75) is 25.8 Å². The second-order valence-electron chi connectivity index (χ2n) is 6.26. The molecular weight excluding hydrogens is 329 g/mol. The van der Waals surface area contributed by atoms with Gasteiger partial charge in [-0.1, -0.05) is 11.3 Å². The number of thiazole rings is 1. The molecule has 130 valence electrons. The Morgan fingerprint density at radius 1 is 1.58 bits per heavy atom. The number of methoxy groups -OCH3 is 1. The second-order valence-corrected chi connectivity index (χ2v) is 7.27. The van der Waals surface area contributed by atoms with Gasteiger partial charge in [-0.2, -0.15) is 0 Å². The predicted octanol–water partition coefficient (Wildman–Crippen LogP) is 2.80. The molecule has 5 nitrogen and oxygen atoms in total. The number of carbonyl (C=O) groups is 1. The first-order valence-corrected chi connectivity index (χ1v) is 8.99. The Morgan fingerprint density at radius 2 is 2.42 bits per heavy atom. The third-order valence-corrected chi connectivity index (χ3v) is 5.29. The van der Waals surface area contributed by atoms with Crippen LogP contribution in [0.2, 0.25) is 0 Å². The fourth-order valence-corrected chi connectivity index (χ4v) is 4.06. The van der Waals surface area contributed by atoms with E-state index in [9.17, 15) is 9.18 Å². The molecule has 3 rings (SSSR count). The van der Waals surface area contributed by atoms with E-state index in [1.54, 1.807) is 13.2 Å². The molecule has 0 aliphatic carbocycles. The fourth-order valence-electron chi connectivity index (χ4n) is 3.04. The SMILES string of the molecule is COCC(C)NC(=O)C1CCCN(c2nc3ccc(F)cc3s2)C1. The van der Waals surface area contributed by atoms with E-state index in [0.29, 0.717) is 13.2 Å². The van der Waals surface area contributed by atoms with Crippen molar-refractivity contribution >= 4 is 32.6 Å². The number of nitrogens with one attached hydrogen (secondary N) is 1. The molecule has 0 saturated carbocycles. The summed E-state index contributed by atoms with van der Waals surface area (Å²) in [4.78, 5) is 19.1. The predicted molar refractivity (Wildman–Crippen MR) is 94.0 cm³/mol. The number of aromatic nitrogens is 1. The van der Waals surface area contributed by atoms with E-state index in [2.05, 4.69) is 15.2 Å². The van der Waals surface area contributed by atoms with E-state index >= 15 is 0 Å². The maximum Gasteiger partial charge on any atom is 0.225 e. The van der Waals surface area contributed by atoms with E-state index in [4.69, 9.17) is 4.74 Å². The van der Waals surface area contributed by atoms with Crippen LogP contribution in [0.3, 0.4) is 0 Å². The number of piperidine rings is 1. The molecule has 1 aromatic carbocycles. The van der Waals surface area contributed by atoms with Gasteiger partial charge in [0.1, 0.15) is 5.82 Å². The van der Waals surface area contributed by atoms with Gasteiger partial charge < -0.3 is 15.0 Å². The van der Waals surface area contributed by atoms with Gasteiger partial charge in [0.2, 0.25) is 5.91 Å². The Kier molecular flexibility index (Phi) is 5.30. The summed E-state index contributed by atoms with van der Waals surface area (Å²) in [6.45, 7) is 3.96. The summed E-state index contributed by atoms with van der Waals surface area (Å²) in [5.74, 6) is -0.237. The van der Waals surface area contributed by atoms with Crippen LogP contribution in [0.4, 0.5) is 9.52 Å². The number of fused-ring (bicyclic) bond motifs is 1. The lowest BCUT2D eigenvalue weighted by Crippen LogP contribution is -2.46. The van der Waals surface area contributed by atoms with Crippen molar-refractivity contribution in [3.63, 3.8) is 0 Å². The molecule has 24 heavy (non-hydrogen) atoms. The van der Waals surface area contributed by atoms with Crippen LogP contribution >= 0.6 is 11.3 Å². The lowest BCUT2D eigenvalue weighted by atomic mass is 9.97. The summed E-state index contributed by atoms with van der Waals surface area (Å²) < 4.78 is 19.2. The number of benzene rings is 1. The number of nitrogens with zero attached hydrogens (tertiary/aromatic N) is 2. The molecule has 0 spiro atoms. The van der Waals surface area contributed by atoms with Crippen molar-refractivity contribution in [3.05, 3.63) is 24.0 Å². The summed E-state index contributed by atoms with van der Waals surface area (Å²) in [5, 5.41) is 3.86. The normalized spacial score (nSPS) is 19.5. The van der Waals surface area contributed by atoms with Crippen molar-refractivity contribution in [3.8, 4) is 0 Å². The Balaban J connectivity index is 1.69. The maximum absolute atomic E-state index is 13.3. The summed E-state index contributed by atoms with van der Waals surface area (Å²) in [7, 11) is 1.63. The molecule has 1 aromatic heterocycles. The van der Waals surface area contributed by atoms with E-state index in [-0.39, 0.29) is 23.7 Å². The molecule has 1 aliphatic heterocycles. The van der Waals surface area contributed by atoms with Gasteiger partial charge in [0.25, 0.3) is 0 Å². The Morgan fingerprint density at radius 3 is 3.21 bits per heavy atom. The van der Waals surface area contributed by atoms with E-state index in [1.165, 1.54) is 23.5 Å². The number of ether oxygens (including phenoxy) is 1. The maximum atomic E-state index is 13.3. The highest BCUT2D eigenvalue weighted by Gasteiger charge is 2.28. The van der Waals surface area contributed by atoms with Crippen LogP contribution in [0.15, 0.2) is 18.2 Å². The number of carbonyl (C=O) groups excluding carboxylic acids is 1. The molecule has 2 unspecified atom stereocenters. The highest BCUT2D eigenvalue weighted by molar-refractivity contribution is 7.22. The van der Waals surface area contributed by atoms with Gasteiger partial charge in [-0.3, -0.25) is 4.79 Å². The molecule has 0 bridgehead atoms. The monoisotopic (exact) mass is 351 g/mol. The molecular formula is C17H22FN3O2S. The zero-order chi connectivity index (χ0) is 17.1. The third kappa shape index (κ3) is 3.84. The molecule has 2 atom stereocenters. The largest absolute Gasteiger partial charge is 0.383 e. The van der Waals surface area contributed by atoms with Crippen LogP contribution < -0.4 is 10.2 Å². The zero-order valence-electron chi connectivity index (χ0n) is 13.9. The molecule has 2 aromatic rings. The van der Waals surface area contributed by atoms with Crippen LogP contribution in [0.5, 0.6) is 0 Å². The third-order valence-electron chi connectivity index (χ3n) is 4.21. The standard InChI is InChI=1S/C17H22FN3O2S/c1-11(10-23-2)19-16(22)12-4-3-7-21(9-12)17-20-14-6-5-13(18)8-15(14)24-17/h5-6,8,11-12H,3-4,7,9-10H2,1-2H3,(H,19,22). The van der Waals surface area contributed by atoms with Crippen LogP contribution in [0, 0.1) is 11.7 Å². The number of amides is 1. The van der Waals surface area contributed by atoms with Crippen LogP contribution in [-0.4, -0.2) is 43.7 Å². The molecule has 2 heterocycles. The van der Waals surface area contributed by atoms with Crippen LogP contribution in [0.1, 0.15) is 19.8 Å². The van der Waals surface area contributed by atoms with Crippen molar-refractivity contribution < 1.29 is 13.9 Å². The van der Waals surface area contributed by atoms with E-state index < -0.39 is 0 Å². The highest BCUT2D eigenvalue weighted by Crippen LogP contribution is 2.32. The lowest BCUT2D eigenvalue weighted by Gasteiger charge is -2.32. The van der Waals surface area contributed by atoms with Gasteiger partial charge in [0.15, 0.2) is 5.13 Å². The Bertz CT molecular complexity index is 721. The quantitative estimate of drug-likeness (QED) is 0.900. The number of hydrogen-bond donors (Lipinski definition) is 1. The van der Waals surface area contributed by atoms with Crippen LogP contribution in [-0.2, 0) is 9.53 Å². The summed E-state index contributed by atoms with van der Waals surface area (Å²) in [5.41, 5.74) is 0.802. The first-order chi connectivity index (χ1) is 11.6. The van der Waals surface area contributed by atoms with Gasteiger partial charge in [-0.05, 0) is 38.0 Å². The molecule has 0 radical (unpaired) electrons. The minimum Gasteiger partial charge on any atom is -0.383 e. The number of rotatable bonds is 5. The number of hydrogen-bond acceptors (Lipinski definition) is 5. The Labute approximate surface area is 144 Å². The minimum absolute atomic E-state index is 0.00306. The summed E-state index contributed by atoms with van der Waals surface area (Å²) in [6, 6.07) is 4.64. The van der Waals surface area contributed by atoms with Gasteiger partial charge in [0.05, 0.1) is 22.7 Å². The molecule has 1 saturated heterocycles. The molecule has 1 fully saturated rings. The molecule has 7 heteroatoms. The first kappa shape index (κ1) is 17.1. The van der Waals surface area contributed by atoms with Crippen molar-refractivity contribution in [1.82, 2.24) is 10.3 Å². The van der Waals surface area contributed by atoms with Gasteiger partial charge in [-0.15, -0.1) is 0 Å². The topological polar surface area (TPSA) is 54.5 Å². The second kappa shape index (κ2) is 7.44. The molecule has 1 amide bonds. The van der Waals surface area contributed by atoms with Crippen molar-refractivity contribution in [2.24, 2.45) is 5.92 Å². The molecule has 1 aliphatic rings. The van der Waals surface area contributed by atoms with Crippen LogP contribution in [0.25, 0.3) is 10.2 Å². The van der Waals surface area contributed by atoms with E-state index in [1.807, 2.05) is 6.92 Å². The van der Waals surface area contributed by atoms with Gasteiger partial charge >= 0.3 is 0 Å². The summed E-state index contributed by atoms with van der Waals surface area (Å²) >= 11 is 1.48. The first-order valence-electron chi connectivity index (χ1n) is 8.17. The lowest BCUT2D eigenvalue weighted by molar-refractivity contribution is -0.126. The average molecular weight is 351 g/mol. The average Bonchev–Trinajstić information content (AvgIpc) is 2.98. The van der Waals surface area contributed by atoms with Gasteiger partial charge in [-0.25, -0.2) is 9.37 Å². The highest BCUT2D eigenvalue weighted by atomic mass is 32.1. The smallest absolute Gasteiger partial charge is 0.225 e. The zero-order valence-corrected chi connectivity index (χ0v) is 14.7. The number of halogens is 1. The number of anilines is 1. The van der Waals surface area contributed by atoms with E-state index in [0.717, 1.165) is 34.7 Å². The minimum atomic E-state index is -0.249. The van der Waals surface area contributed by atoms with Crippen molar-refractivity contribution in [1.29, 1.82) is 0 Å². The molecule has 1 N–H and O–H groups in total. The van der Waals surface area contributed by atoms with Gasteiger partial charge in [0, 0.05) is 26.2 Å². The Hall–Kier alpha value is -1.73. The summed E-state index contributed by atoms with van der Waals surface area (Å²) in [6.07, 6.45) is 1.82.